The highest BCUT2D eigenvalue weighted by molar-refractivity contribution is 9.10. The van der Waals surface area contributed by atoms with Crippen molar-refractivity contribution in [2.24, 2.45) is 0 Å². The second-order valence-corrected chi connectivity index (χ2v) is 5.95. The minimum atomic E-state index is -0.971. The number of hydrogen-bond acceptors (Lipinski definition) is 4. The zero-order chi connectivity index (χ0) is 13.1. The highest BCUT2D eigenvalue weighted by atomic mass is 79.9. The number of aromatic carboxylic acids is 1. The molecule has 7 heteroatoms. The fourth-order valence-corrected chi connectivity index (χ4v) is 2.85. The van der Waals surface area contributed by atoms with Gasteiger partial charge < -0.3 is 10.4 Å². The quantitative estimate of drug-likeness (QED) is 0.881. The minimum absolute atomic E-state index is 0.222. The molecule has 1 aromatic carbocycles. The Hall–Kier alpha value is -1.11. The van der Waals surface area contributed by atoms with E-state index in [4.69, 9.17) is 16.7 Å². The molecule has 0 aliphatic rings. The highest BCUT2D eigenvalue weighted by Gasteiger charge is 2.12. The summed E-state index contributed by atoms with van der Waals surface area (Å²) in [5.41, 5.74) is 0.773. The Balaban J connectivity index is 2.20. The van der Waals surface area contributed by atoms with Crippen LogP contribution in [-0.2, 0) is 6.54 Å². The summed E-state index contributed by atoms with van der Waals surface area (Å²) in [6.45, 7) is 0.479. The van der Waals surface area contributed by atoms with E-state index in [0.29, 0.717) is 21.2 Å². The van der Waals surface area contributed by atoms with Crippen molar-refractivity contribution in [3.63, 3.8) is 0 Å². The topological polar surface area (TPSA) is 62.2 Å². The monoisotopic (exact) mass is 346 g/mol. The Labute approximate surface area is 121 Å². The summed E-state index contributed by atoms with van der Waals surface area (Å²) < 4.78 is 1.18. The van der Waals surface area contributed by atoms with E-state index in [0.717, 1.165) is 4.88 Å². The van der Waals surface area contributed by atoms with E-state index in [1.165, 1.54) is 11.3 Å². The van der Waals surface area contributed by atoms with Crippen molar-refractivity contribution < 1.29 is 9.90 Å². The summed E-state index contributed by atoms with van der Waals surface area (Å²) in [5, 5.41) is 12.2. The van der Waals surface area contributed by atoms with Crippen LogP contribution in [0.2, 0.25) is 4.47 Å². The van der Waals surface area contributed by atoms with Gasteiger partial charge in [-0.3, -0.25) is 0 Å². The Morgan fingerprint density at radius 2 is 2.33 bits per heavy atom. The molecule has 0 bridgehead atoms. The Morgan fingerprint density at radius 1 is 1.56 bits per heavy atom. The first kappa shape index (κ1) is 13.3. The molecule has 0 fully saturated rings. The molecule has 18 heavy (non-hydrogen) atoms. The molecule has 0 saturated carbocycles. The number of benzene rings is 1. The zero-order valence-electron chi connectivity index (χ0n) is 8.98. The van der Waals surface area contributed by atoms with Crippen molar-refractivity contribution >= 4 is 50.5 Å². The van der Waals surface area contributed by atoms with Gasteiger partial charge in [0.25, 0.3) is 0 Å². The van der Waals surface area contributed by atoms with Crippen LogP contribution < -0.4 is 5.32 Å². The lowest BCUT2D eigenvalue weighted by atomic mass is 10.2. The van der Waals surface area contributed by atoms with Crippen molar-refractivity contribution in [3.05, 3.63) is 43.8 Å². The van der Waals surface area contributed by atoms with E-state index in [1.807, 2.05) is 0 Å². The Morgan fingerprint density at radius 3 is 2.94 bits per heavy atom. The molecule has 0 amide bonds. The summed E-state index contributed by atoms with van der Waals surface area (Å²) in [6, 6.07) is 5.02. The number of carboxylic acids is 1. The molecule has 0 unspecified atom stereocenters. The summed E-state index contributed by atoms with van der Waals surface area (Å²) >= 11 is 10.4. The average molecular weight is 348 g/mol. The van der Waals surface area contributed by atoms with Gasteiger partial charge in [-0.2, -0.15) is 0 Å². The van der Waals surface area contributed by atoms with Crippen molar-refractivity contribution in [2.45, 2.75) is 6.54 Å². The predicted molar refractivity (Wildman–Crippen MR) is 75.6 cm³/mol. The summed E-state index contributed by atoms with van der Waals surface area (Å²) in [6.07, 6.45) is 1.66. The fourth-order valence-electron chi connectivity index (χ4n) is 1.42. The van der Waals surface area contributed by atoms with E-state index < -0.39 is 5.97 Å². The lowest BCUT2D eigenvalue weighted by Gasteiger charge is -2.10. The molecule has 1 aromatic heterocycles. The third-order valence-corrected chi connectivity index (χ3v) is 3.98. The smallest absolute Gasteiger partial charge is 0.337 e. The molecule has 0 atom stereocenters. The molecular weight excluding hydrogens is 340 g/mol. The molecule has 4 nitrogen and oxygen atoms in total. The number of nitrogens with zero attached hydrogens (tertiary/aromatic N) is 1. The summed E-state index contributed by atoms with van der Waals surface area (Å²) in [4.78, 5) is 16.0. The van der Waals surface area contributed by atoms with Gasteiger partial charge in [-0.05, 0) is 28.1 Å². The number of carboxylic acid groups (broad SMARTS) is 1. The van der Waals surface area contributed by atoms with Crippen LogP contribution >= 0.6 is 38.9 Å². The number of anilines is 1. The van der Waals surface area contributed by atoms with Gasteiger partial charge in [0.1, 0.15) is 0 Å². The number of carbonyl (C=O) groups is 1. The molecule has 0 aliphatic carbocycles. The third kappa shape index (κ3) is 3.01. The van der Waals surface area contributed by atoms with Crippen LogP contribution in [0.25, 0.3) is 0 Å². The number of para-hydroxylation sites is 1. The number of nitrogens with one attached hydrogen (secondary N) is 1. The predicted octanol–water partition coefficient (Wildman–Crippen LogP) is 3.87. The minimum Gasteiger partial charge on any atom is -0.478 e. The van der Waals surface area contributed by atoms with Gasteiger partial charge in [0, 0.05) is 15.5 Å². The van der Waals surface area contributed by atoms with Crippen molar-refractivity contribution in [1.29, 1.82) is 0 Å². The first-order chi connectivity index (χ1) is 8.58. The number of hydrogen-bond donors (Lipinski definition) is 2. The molecule has 0 aliphatic heterocycles. The van der Waals surface area contributed by atoms with E-state index in [1.54, 1.807) is 24.4 Å². The normalized spacial score (nSPS) is 10.3. The van der Waals surface area contributed by atoms with Gasteiger partial charge in [0.05, 0.1) is 17.8 Å². The van der Waals surface area contributed by atoms with Crippen LogP contribution in [-0.4, -0.2) is 16.1 Å². The maximum absolute atomic E-state index is 11.1. The Bertz CT molecular complexity index is 588. The lowest BCUT2D eigenvalue weighted by Crippen LogP contribution is -2.06. The highest BCUT2D eigenvalue weighted by Crippen LogP contribution is 2.28. The molecule has 2 aromatic rings. The van der Waals surface area contributed by atoms with Crippen LogP contribution in [0.4, 0.5) is 5.69 Å². The van der Waals surface area contributed by atoms with Crippen LogP contribution in [0.3, 0.4) is 0 Å². The van der Waals surface area contributed by atoms with Crippen molar-refractivity contribution in [2.75, 3.05) is 5.32 Å². The van der Waals surface area contributed by atoms with Crippen molar-refractivity contribution in [3.8, 4) is 0 Å². The first-order valence-corrected chi connectivity index (χ1v) is 6.92. The van der Waals surface area contributed by atoms with E-state index in [2.05, 4.69) is 26.2 Å². The maximum atomic E-state index is 11.1. The standard InChI is InChI=1S/C11H8BrClN2O2S/c12-8-3-1-2-7(10(16)17)9(8)14-4-6-5-15-11(13)18-6/h1-3,5,14H,4H2,(H,16,17). The number of rotatable bonds is 4. The average Bonchev–Trinajstić information content (AvgIpc) is 2.73. The van der Waals surface area contributed by atoms with E-state index >= 15 is 0 Å². The molecule has 2 rings (SSSR count). The molecule has 0 spiro atoms. The second kappa shape index (κ2) is 5.69. The van der Waals surface area contributed by atoms with Crippen molar-refractivity contribution in [1.82, 2.24) is 4.98 Å². The zero-order valence-corrected chi connectivity index (χ0v) is 12.1. The number of halogens is 2. The van der Waals surface area contributed by atoms with Gasteiger partial charge in [-0.1, -0.05) is 17.7 Å². The fraction of sp³-hybridized carbons (Fsp3) is 0.0909. The number of aromatic nitrogens is 1. The molecule has 94 valence electrons. The first-order valence-electron chi connectivity index (χ1n) is 4.94. The van der Waals surface area contributed by atoms with Crippen LogP contribution in [0, 0.1) is 0 Å². The SMILES string of the molecule is O=C(O)c1cccc(Br)c1NCc1cnc(Cl)s1. The van der Waals surface area contributed by atoms with E-state index in [9.17, 15) is 4.79 Å². The Kier molecular flexibility index (Phi) is 4.21. The molecule has 0 radical (unpaired) electrons. The van der Waals surface area contributed by atoms with Crippen LogP contribution in [0.5, 0.6) is 0 Å². The van der Waals surface area contributed by atoms with Gasteiger partial charge in [-0.15, -0.1) is 11.3 Å². The van der Waals surface area contributed by atoms with Crippen LogP contribution in [0.1, 0.15) is 15.2 Å². The molecular formula is C11H8BrClN2O2S. The van der Waals surface area contributed by atoms with Gasteiger partial charge in [-0.25, -0.2) is 9.78 Å². The summed E-state index contributed by atoms with van der Waals surface area (Å²) in [5.74, 6) is -0.971. The molecule has 1 heterocycles. The van der Waals surface area contributed by atoms with Gasteiger partial charge >= 0.3 is 5.97 Å². The molecule has 2 N–H and O–H groups in total. The van der Waals surface area contributed by atoms with Crippen LogP contribution in [0.15, 0.2) is 28.9 Å². The van der Waals surface area contributed by atoms with Gasteiger partial charge in [0.15, 0.2) is 4.47 Å². The summed E-state index contributed by atoms with van der Waals surface area (Å²) in [7, 11) is 0. The largest absolute Gasteiger partial charge is 0.478 e. The number of thiazole rings is 1. The van der Waals surface area contributed by atoms with E-state index in [-0.39, 0.29) is 5.56 Å². The lowest BCUT2D eigenvalue weighted by molar-refractivity contribution is 0.0698. The van der Waals surface area contributed by atoms with Gasteiger partial charge in [0.2, 0.25) is 0 Å². The third-order valence-electron chi connectivity index (χ3n) is 2.21. The molecule has 0 saturated heterocycles. The second-order valence-electron chi connectivity index (χ2n) is 3.40. The maximum Gasteiger partial charge on any atom is 0.337 e.